The van der Waals surface area contributed by atoms with Crippen LogP contribution in [0.3, 0.4) is 0 Å². The average molecular weight is 920 g/mol. The standard InChI is InChI=1S/C68H50BN3/c1-38-25-40(3)63(41(4)26-38)50-22-23-60-54(31-50)57-34-52(64-42(5)27-39(2)28-43(64)6)35-59-68(57)71(60)62-36-53(49-20-14-15-45(29-49)37-70)44(7)65-58-33-51(47-18-12-9-13-19-47)32-56-55-30-48(46-16-10-8-11-17-46)21-24-61(55)72(67(56)58)69(59)66(62)65/h8-36H,1-7H3. The van der Waals surface area contributed by atoms with E-state index in [2.05, 4.69) is 227 Å². The van der Waals surface area contributed by atoms with Gasteiger partial charge in [-0.2, -0.15) is 5.26 Å². The summed E-state index contributed by atoms with van der Waals surface area (Å²) in [6, 6.07) is 68.4. The summed E-state index contributed by atoms with van der Waals surface area (Å²) in [6.45, 7) is 15.6. The Kier molecular flexibility index (Phi) is 9.05. The van der Waals surface area contributed by atoms with Crippen molar-refractivity contribution in [3.8, 4) is 78.5 Å². The van der Waals surface area contributed by atoms with E-state index in [1.165, 1.54) is 155 Å². The molecule has 340 valence electrons. The molecule has 0 spiro atoms. The fraction of sp³-hybridized carbons (Fsp3) is 0.103. The van der Waals surface area contributed by atoms with Gasteiger partial charge >= 0.3 is 6.85 Å². The highest BCUT2D eigenvalue weighted by Crippen LogP contribution is 2.49. The molecule has 0 saturated heterocycles. The number of hydrogen-bond donors (Lipinski definition) is 0. The van der Waals surface area contributed by atoms with Crippen LogP contribution in [-0.4, -0.2) is 15.9 Å². The van der Waals surface area contributed by atoms with E-state index in [1.807, 2.05) is 12.1 Å². The van der Waals surface area contributed by atoms with Gasteiger partial charge < -0.3 is 9.05 Å². The van der Waals surface area contributed by atoms with Crippen LogP contribution in [0.2, 0.25) is 0 Å². The lowest BCUT2D eigenvalue weighted by Gasteiger charge is -2.36. The molecule has 0 N–H and O–H groups in total. The van der Waals surface area contributed by atoms with Crippen molar-refractivity contribution in [3.05, 3.63) is 220 Å². The first kappa shape index (κ1) is 42.3. The van der Waals surface area contributed by atoms with Crippen molar-refractivity contribution in [1.29, 1.82) is 5.26 Å². The zero-order chi connectivity index (χ0) is 48.8. The third-order valence-corrected chi connectivity index (χ3v) is 16.2. The lowest BCUT2D eigenvalue weighted by Crippen LogP contribution is -2.55. The molecule has 2 aliphatic heterocycles. The Labute approximate surface area is 421 Å². The van der Waals surface area contributed by atoms with Crippen LogP contribution in [0, 0.1) is 59.8 Å². The van der Waals surface area contributed by atoms with E-state index in [1.54, 1.807) is 0 Å². The van der Waals surface area contributed by atoms with Gasteiger partial charge in [-0.05, 0) is 209 Å². The minimum absolute atomic E-state index is 0.155. The number of hydrogen-bond acceptors (Lipinski definition) is 1. The maximum absolute atomic E-state index is 10.3. The summed E-state index contributed by atoms with van der Waals surface area (Å²) < 4.78 is 5.32. The molecule has 2 aromatic heterocycles. The molecular formula is C68H50BN3. The van der Waals surface area contributed by atoms with Gasteiger partial charge in [-0.3, -0.25) is 0 Å². The summed E-state index contributed by atoms with van der Waals surface area (Å²) in [6.07, 6.45) is 0. The first-order valence-electron chi connectivity index (χ1n) is 25.2. The number of fused-ring (bicyclic) bond motifs is 10. The maximum Gasteiger partial charge on any atom is 0.333 e. The van der Waals surface area contributed by atoms with Crippen molar-refractivity contribution in [2.75, 3.05) is 0 Å². The van der Waals surface area contributed by atoms with Gasteiger partial charge in [0.15, 0.2) is 0 Å². The SMILES string of the molecule is Cc1cc(C)c(-c2ccc3c(c2)c2cc(-c4c(C)cc(C)cc4C)cc4c2n3-c2cc(-c3cccc(C#N)c3)c(C)c3c2B4n2c4ccc(-c5ccccc5)cc4c4cc(-c5ccccc5)cc-3c42)c(C)c1. The van der Waals surface area contributed by atoms with Gasteiger partial charge in [0.05, 0.1) is 22.7 Å². The molecule has 0 bridgehead atoms. The van der Waals surface area contributed by atoms with Crippen LogP contribution >= 0.6 is 0 Å². The second-order valence-electron chi connectivity index (χ2n) is 20.8. The van der Waals surface area contributed by atoms with E-state index >= 15 is 0 Å². The number of aryl methyl sites for hydroxylation is 6. The van der Waals surface area contributed by atoms with Crippen LogP contribution in [0.4, 0.5) is 0 Å². The summed E-state index contributed by atoms with van der Waals surface area (Å²) in [5, 5.41) is 15.3. The summed E-state index contributed by atoms with van der Waals surface area (Å²) in [5.41, 5.74) is 32.9. The van der Waals surface area contributed by atoms with Crippen molar-refractivity contribution >= 4 is 61.4 Å². The second-order valence-corrected chi connectivity index (χ2v) is 20.8. The second kappa shape index (κ2) is 15.4. The molecule has 4 heteroatoms. The number of benzene rings is 10. The molecule has 0 unspecified atom stereocenters. The number of nitrogens with zero attached hydrogens (tertiary/aromatic N) is 3. The van der Waals surface area contributed by atoms with Crippen molar-refractivity contribution in [3.63, 3.8) is 0 Å². The van der Waals surface area contributed by atoms with E-state index in [9.17, 15) is 5.26 Å². The van der Waals surface area contributed by atoms with Crippen LogP contribution < -0.4 is 10.9 Å². The lowest BCUT2D eigenvalue weighted by molar-refractivity contribution is 1.17. The number of aromatic nitrogens is 2. The number of rotatable bonds is 5. The highest BCUT2D eigenvalue weighted by atomic mass is 15.0. The van der Waals surface area contributed by atoms with Crippen LogP contribution in [0.15, 0.2) is 176 Å². The van der Waals surface area contributed by atoms with E-state index in [0.717, 1.165) is 11.1 Å². The van der Waals surface area contributed by atoms with Crippen molar-refractivity contribution < 1.29 is 0 Å². The molecule has 3 nitrogen and oxygen atoms in total. The molecule has 0 radical (unpaired) electrons. The Bertz CT molecular complexity index is 4360. The fourth-order valence-electron chi connectivity index (χ4n) is 13.5. The lowest BCUT2D eigenvalue weighted by atomic mass is 9.45. The van der Waals surface area contributed by atoms with Gasteiger partial charge in [0.2, 0.25) is 0 Å². The Morgan fingerprint density at radius 1 is 0.403 bits per heavy atom. The van der Waals surface area contributed by atoms with E-state index in [0.29, 0.717) is 5.56 Å². The molecule has 0 amide bonds. The summed E-state index contributed by atoms with van der Waals surface area (Å²) in [7, 11) is 0. The molecule has 2 aliphatic rings. The molecule has 0 atom stereocenters. The highest BCUT2D eigenvalue weighted by molar-refractivity contribution is 6.90. The molecule has 0 fully saturated rings. The molecular weight excluding hydrogens is 870 g/mol. The van der Waals surface area contributed by atoms with Crippen molar-refractivity contribution in [1.82, 2.24) is 9.05 Å². The Balaban J connectivity index is 1.19. The van der Waals surface area contributed by atoms with E-state index in [-0.39, 0.29) is 6.85 Å². The number of nitriles is 1. The molecule has 14 rings (SSSR count). The first-order valence-corrected chi connectivity index (χ1v) is 25.2. The molecule has 0 aliphatic carbocycles. The predicted molar refractivity (Wildman–Crippen MR) is 305 cm³/mol. The highest BCUT2D eigenvalue weighted by Gasteiger charge is 2.43. The molecule has 0 saturated carbocycles. The monoisotopic (exact) mass is 919 g/mol. The topological polar surface area (TPSA) is 33.6 Å². The predicted octanol–water partition coefficient (Wildman–Crippen LogP) is 16.2. The molecule has 12 aromatic rings. The molecule has 4 heterocycles. The third kappa shape index (κ3) is 5.98. The Morgan fingerprint density at radius 2 is 0.958 bits per heavy atom. The van der Waals surface area contributed by atoms with Crippen molar-refractivity contribution in [2.24, 2.45) is 0 Å². The van der Waals surface area contributed by atoms with Crippen LogP contribution in [0.25, 0.3) is 116 Å². The zero-order valence-corrected chi connectivity index (χ0v) is 41.7. The smallest absolute Gasteiger partial charge is 0.333 e. The van der Waals surface area contributed by atoms with E-state index < -0.39 is 0 Å². The van der Waals surface area contributed by atoms with Crippen LogP contribution in [0.5, 0.6) is 0 Å². The van der Waals surface area contributed by atoms with Gasteiger partial charge in [-0.1, -0.05) is 126 Å². The largest absolute Gasteiger partial charge is 0.375 e. The fourth-order valence-corrected chi connectivity index (χ4v) is 13.5. The molecule has 72 heavy (non-hydrogen) atoms. The third-order valence-electron chi connectivity index (χ3n) is 16.2. The van der Waals surface area contributed by atoms with Gasteiger partial charge in [0.1, 0.15) is 0 Å². The van der Waals surface area contributed by atoms with Crippen molar-refractivity contribution in [2.45, 2.75) is 48.5 Å². The van der Waals surface area contributed by atoms with Gasteiger partial charge in [0.25, 0.3) is 0 Å². The van der Waals surface area contributed by atoms with Gasteiger partial charge in [0, 0.05) is 43.8 Å². The van der Waals surface area contributed by atoms with Crippen LogP contribution in [-0.2, 0) is 0 Å². The van der Waals surface area contributed by atoms with Gasteiger partial charge in [-0.25, -0.2) is 0 Å². The van der Waals surface area contributed by atoms with Gasteiger partial charge in [-0.15, -0.1) is 0 Å². The normalized spacial score (nSPS) is 12.3. The summed E-state index contributed by atoms with van der Waals surface area (Å²) in [4.78, 5) is 0. The quantitative estimate of drug-likeness (QED) is 0.158. The van der Waals surface area contributed by atoms with Crippen LogP contribution in [0.1, 0.15) is 44.5 Å². The average Bonchev–Trinajstić information content (AvgIpc) is 3.90. The summed E-state index contributed by atoms with van der Waals surface area (Å²) >= 11 is 0. The first-order chi connectivity index (χ1) is 35.0. The Hall–Kier alpha value is -8.65. The minimum atomic E-state index is -0.155. The van der Waals surface area contributed by atoms with E-state index in [4.69, 9.17) is 0 Å². The molecule has 10 aromatic carbocycles. The Morgan fingerprint density at radius 3 is 1.64 bits per heavy atom. The zero-order valence-electron chi connectivity index (χ0n) is 41.7. The summed E-state index contributed by atoms with van der Waals surface area (Å²) in [5.74, 6) is 0. The maximum atomic E-state index is 10.3. The minimum Gasteiger partial charge on any atom is -0.375 e.